The van der Waals surface area contributed by atoms with Crippen molar-refractivity contribution in [2.45, 2.75) is 0 Å². The maximum atomic E-state index is 12.6. The van der Waals surface area contributed by atoms with Gasteiger partial charge in [0.1, 0.15) is 6.33 Å². The number of carbonyl (C=O) groups excluding carboxylic acids is 2. The highest BCUT2D eigenvalue weighted by Crippen LogP contribution is 2.17. The van der Waals surface area contributed by atoms with Gasteiger partial charge in [-0.3, -0.25) is 9.59 Å². The summed E-state index contributed by atoms with van der Waals surface area (Å²) in [5.74, 6) is 0.524. The summed E-state index contributed by atoms with van der Waals surface area (Å²) in [7, 11) is 1.67. The van der Waals surface area contributed by atoms with E-state index in [-0.39, 0.29) is 11.8 Å². The largest absolute Gasteiger partial charge is 0.338 e. The fourth-order valence-corrected chi connectivity index (χ4v) is 2.75. The van der Waals surface area contributed by atoms with Gasteiger partial charge < -0.3 is 14.7 Å². The molecule has 1 aliphatic heterocycles. The predicted octanol–water partition coefficient (Wildman–Crippen LogP) is 0.916. The summed E-state index contributed by atoms with van der Waals surface area (Å²) in [6, 6.07) is 7.01. The van der Waals surface area contributed by atoms with Crippen molar-refractivity contribution in [2.75, 3.05) is 43.0 Å². The van der Waals surface area contributed by atoms with E-state index in [2.05, 4.69) is 26.7 Å². The number of likely N-dealkylation sites (N-methyl/N-ethyl adjacent to an activating group) is 1. The monoisotopic (exact) mass is 340 g/mol. The van der Waals surface area contributed by atoms with E-state index in [1.54, 1.807) is 31.3 Å². The molecular weight excluding hydrogens is 320 g/mol. The average Bonchev–Trinajstić information content (AvgIpc) is 3.21. The van der Waals surface area contributed by atoms with Crippen LogP contribution in [0.2, 0.25) is 0 Å². The smallest absolute Gasteiger partial charge is 0.253 e. The number of rotatable bonds is 4. The Hall–Kier alpha value is -3.16. The summed E-state index contributed by atoms with van der Waals surface area (Å²) < 4.78 is 0. The Balaban J connectivity index is 1.62. The van der Waals surface area contributed by atoms with Gasteiger partial charge >= 0.3 is 0 Å². The molecule has 25 heavy (non-hydrogen) atoms. The summed E-state index contributed by atoms with van der Waals surface area (Å²) in [6.45, 7) is 6.12. The Morgan fingerprint density at radius 2 is 1.88 bits per heavy atom. The van der Waals surface area contributed by atoms with E-state index in [0.717, 1.165) is 11.6 Å². The first-order valence-corrected chi connectivity index (χ1v) is 8.00. The lowest BCUT2D eigenvalue weighted by atomic mass is 10.1. The second-order valence-corrected chi connectivity index (χ2v) is 5.74. The molecule has 1 fully saturated rings. The number of piperazine rings is 1. The molecular formula is C17H20N6O2. The van der Waals surface area contributed by atoms with E-state index in [4.69, 9.17) is 0 Å². The molecule has 1 saturated heterocycles. The van der Waals surface area contributed by atoms with Crippen LogP contribution in [0.5, 0.6) is 0 Å². The van der Waals surface area contributed by atoms with Gasteiger partial charge in [-0.05, 0) is 30.3 Å². The predicted molar refractivity (Wildman–Crippen MR) is 94.5 cm³/mol. The molecule has 0 aliphatic carbocycles. The van der Waals surface area contributed by atoms with Crippen molar-refractivity contribution in [3.05, 3.63) is 48.8 Å². The molecule has 1 N–H and O–H groups in total. The van der Waals surface area contributed by atoms with Crippen LogP contribution in [0.15, 0.2) is 43.2 Å². The van der Waals surface area contributed by atoms with Gasteiger partial charge in [-0.1, -0.05) is 6.58 Å². The van der Waals surface area contributed by atoms with Gasteiger partial charge in [0.05, 0.1) is 0 Å². The highest BCUT2D eigenvalue weighted by molar-refractivity contribution is 6.01. The minimum absolute atomic E-state index is 0.0125. The third-order valence-corrected chi connectivity index (χ3v) is 4.28. The Labute approximate surface area is 145 Å². The Morgan fingerprint density at radius 1 is 1.20 bits per heavy atom. The molecule has 3 rings (SSSR count). The van der Waals surface area contributed by atoms with E-state index < -0.39 is 0 Å². The Bertz CT molecular complexity index is 748. The maximum absolute atomic E-state index is 12.6. The van der Waals surface area contributed by atoms with Crippen LogP contribution in [0.4, 0.5) is 11.6 Å². The number of benzene rings is 1. The minimum Gasteiger partial charge on any atom is -0.338 e. The zero-order valence-corrected chi connectivity index (χ0v) is 14.1. The number of aromatic amines is 1. The highest BCUT2D eigenvalue weighted by Gasteiger charge is 2.23. The number of hydrogen-bond donors (Lipinski definition) is 1. The summed E-state index contributed by atoms with van der Waals surface area (Å²) >= 11 is 0. The van der Waals surface area contributed by atoms with E-state index in [9.17, 15) is 9.59 Å². The zero-order valence-electron chi connectivity index (χ0n) is 14.1. The molecule has 0 radical (unpaired) electrons. The number of nitrogens with zero attached hydrogens (tertiary/aromatic N) is 5. The van der Waals surface area contributed by atoms with Crippen molar-refractivity contribution in [2.24, 2.45) is 0 Å². The van der Waals surface area contributed by atoms with Crippen LogP contribution in [0, 0.1) is 0 Å². The topological polar surface area (TPSA) is 85.4 Å². The number of nitrogens with one attached hydrogen (secondary N) is 1. The molecule has 0 unspecified atom stereocenters. The first-order chi connectivity index (χ1) is 12.1. The van der Waals surface area contributed by atoms with Crippen molar-refractivity contribution in [1.29, 1.82) is 0 Å². The Morgan fingerprint density at radius 3 is 2.44 bits per heavy atom. The van der Waals surface area contributed by atoms with Crippen molar-refractivity contribution in [3.8, 4) is 0 Å². The third kappa shape index (κ3) is 3.52. The van der Waals surface area contributed by atoms with E-state index >= 15 is 0 Å². The summed E-state index contributed by atoms with van der Waals surface area (Å²) in [4.78, 5) is 33.8. The van der Waals surface area contributed by atoms with E-state index in [1.807, 2.05) is 4.90 Å². The summed E-state index contributed by atoms with van der Waals surface area (Å²) in [5.41, 5.74) is 1.33. The second-order valence-electron chi connectivity index (χ2n) is 5.74. The number of aromatic nitrogens is 3. The number of H-pyrrole nitrogens is 1. The lowest BCUT2D eigenvalue weighted by Gasteiger charge is -2.34. The molecule has 2 amide bonds. The van der Waals surface area contributed by atoms with Crippen molar-refractivity contribution >= 4 is 23.5 Å². The fourth-order valence-electron chi connectivity index (χ4n) is 2.75. The van der Waals surface area contributed by atoms with Gasteiger partial charge in [-0.15, -0.1) is 0 Å². The second kappa shape index (κ2) is 7.16. The summed E-state index contributed by atoms with van der Waals surface area (Å²) in [6.07, 6.45) is 2.73. The van der Waals surface area contributed by atoms with Gasteiger partial charge in [-0.25, -0.2) is 5.10 Å². The van der Waals surface area contributed by atoms with Crippen molar-refractivity contribution in [1.82, 2.24) is 20.1 Å². The molecule has 2 aromatic rings. The molecule has 0 bridgehead atoms. The van der Waals surface area contributed by atoms with Crippen molar-refractivity contribution < 1.29 is 9.59 Å². The van der Waals surface area contributed by atoms with Gasteiger partial charge in [-0.2, -0.15) is 10.1 Å². The van der Waals surface area contributed by atoms with Crippen LogP contribution in [-0.2, 0) is 4.79 Å². The molecule has 2 heterocycles. The van der Waals surface area contributed by atoms with E-state index in [0.29, 0.717) is 31.7 Å². The molecule has 0 saturated carbocycles. The first kappa shape index (κ1) is 16.7. The number of carbonyl (C=O) groups is 2. The molecule has 8 heteroatoms. The van der Waals surface area contributed by atoms with Gasteiger partial charge in [0.2, 0.25) is 11.9 Å². The van der Waals surface area contributed by atoms with Crippen LogP contribution >= 0.6 is 0 Å². The van der Waals surface area contributed by atoms with Gasteiger partial charge in [0.25, 0.3) is 5.91 Å². The summed E-state index contributed by atoms with van der Waals surface area (Å²) in [5, 5.41) is 6.68. The van der Waals surface area contributed by atoms with Gasteiger partial charge in [0, 0.05) is 44.5 Å². The molecule has 130 valence electrons. The third-order valence-electron chi connectivity index (χ3n) is 4.28. The molecule has 1 aliphatic rings. The number of anilines is 2. The van der Waals surface area contributed by atoms with Crippen LogP contribution in [0.1, 0.15) is 10.4 Å². The number of hydrogen-bond acceptors (Lipinski definition) is 5. The number of amides is 2. The quantitative estimate of drug-likeness (QED) is 0.837. The van der Waals surface area contributed by atoms with Gasteiger partial charge in [0.15, 0.2) is 0 Å². The lowest BCUT2D eigenvalue weighted by Crippen LogP contribution is -2.49. The minimum atomic E-state index is -0.192. The fraction of sp³-hybridized carbons (Fsp3) is 0.294. The van der Waals surface area contributed by atoms with Crippen LogP contribution in [0.25, 0.3) is 0 Å². The average molecular weight is 340 g/mol. The molecule has 0 spiro atoms. The zero-order chi connectivity index (χ0) is 17.8. The highest BCUT2D eigenvalue weighted by atomic mass is 16.2. The first-order valence-electron chi connectivity index (χ1n) is 8.00. The molecule has 0 atom stereocenters. The SMILES string of the molecule is C=CC(=O)N(C)c1ccc(C(=O)N2CCN(c3ncn[nH]3)CC2)cc1. The maximum Gasteiger partial charge on any atom is 0.253 e. The molecule has 8 nitrogen and oxygen atoms in total. The van der Waals surface area contributed by atoms with Crippen LogP contribution < -0.4 is 9.80 Å². The normalized spacial score (nSPS) is 14.3. The van der Waals surface area contributed by atoms with E-state index in [1.165, 1.54) is 17.3 Å². The Kier molecular flexibility index (Phi) is 4.78. The standard InChI is InChI=1S/C17H20N6O2/c1-3-15(24)21(2)14-6-4-13(5-7-14)16(25)22-8-10-23(11-9-22)17-18-12-19-20-17/h3-7,12H,1,8-11H2,2H3,(H,18,19,20). The van der Waals surface area contributed by atoms with Crippen LogP contribution in [-0.4, -0.2) is 65.1 Å². The molecule has 1 aromatic heterocycles. The van der Waals surface area contributed by atoms with Crippen molar-refractivity contribution in [3.63, 3.8) is 0 Å². The lowest BCUT2D eigenvalue weighted by molar-refractivity contribution is -0.113. The molecule has 1 aromatic carbocycles. The van der Waals surface area contributed by atoms with Crippen LogP contribution in [0.3, 0.4) is 0 Å².